The van der Waals surface area contributed by atoms with Gasteiger partial charge in [0.15, 0.2) is 38.6 Å². The fraction of sp³-hybridized carbons (Fsp3) is 0.818. The number of carbonyl (C=O) groups excluding carboxylic acids is 2. The molecule has 6 aliphatic rings. The van der Waals surface area contributed by atoms with Crippen molar-refractivity contribution in [2.75, 3.05) is 39.6 Å². The molecule has 0 radical (unpaired) electrons. The number of ether oxygens (including phenoxy) is 8. The summed E-state index contributed by atoms with van der Waals surface area (Å²) in [5.74, 6) is -19.3. The molecule has 352 valence electrons. The Labute approximate surface area is 357 Å². The smallest absolute Gasteiger partial charge is 0.346 e. The van der Waals surface area contributed by atoms with Gasteiger partial charge in [-0.15, -0.1) is 0 Å². The van der Waals surface area contributed by atoms with Gasteiger partial charge in [0, 0.05) is 16.7 Å². The highest BCUT2D eigenvalue weighted by atomic mass is 19.3. The number of hydrogen-bond donors (Lipinski definition) is 0. The highest BCUT2D eigenvalue weighted by Gasteiger charge is 2.61. The summed E-state index contributed by atoms with van der Waals surface area (Å²) >= 11 is 0. The van der Waals surface area contributed by atoms with Crippen molar-refractivity contribution in [3.63, 3.8) is 0 Å². The van der Waals surface area contributed by atoms with E-state index in [2.05, 4.69) is 13.8 Å². The van der Waals surface area contributed by atoms with Crippen molar-refractivity contribution in [3.8, 4) is 0 Å². The number of rotatable bonds is 9. The van der Waals surface area contributed by atoms with Gasteiger partial charge in [-0.25, -0.2) is 0 Å². The lowest BCUT2D eigenvalue weighted by Crippen LogP contribution is -2.45. The van der Waals surface area contributed by atoms with E-state index in [9.17, 15) is 44.7 Å². The fourth-order valence-corrected chi connectivity index (χ4v) is 10.0. The Morgan fingerprint density at radius 1 is 0.548 bits per heavy atom. The van der Waals surface area contributed by atoms with Gasteiger partial charge in [-0.3, -0.25) is 9.59 Å². The van der Waals surface area contributed by atoms with Gasteiger partial charge < -0.3 is 37.9 Å². The molecular formula is C44H60F8O10. The van der Waals surface area contributed by atoms with Gasteiger partial charge in [-0.2, -0.15) is 35.1 Å². The average molecular weight is 901 g/mol. The summed E-state index contributed by atoms with van der Waals surface area (Å²) in [6.07, 6.45) is 3.19. The Balaban J connectivity index is 1.20. The first-order chi connectivity index (χ1) is 29.0. The Morgan fingerprint density at radius 3 is 1.27 bits per heavy atom. The van der Waals surface area contributed by atoms with Gasteiger partial charge in [0.2, 0.25) is 0 Å². The molecule has 0 N–H and O–H groups in total. The molecule has 3 aliphatic heterocycles. The molecule has 3 aliphatic carbocycles. The van der Waals surface area contributed by atoms with Crippen molar-refractivity contribution < 1.29 is 82.6 Å². The summed E-state index contributed by atoms with van der Waals surface area (Å²) in [6, 6.07) is 0. The summed E-state index contributed by atoms with van der Waals surface area (Å²) < 4.78 is 158. The number of carbonyl (C=O) groups is 2. The Morgan fingerprint density at radius 2 is 0.919 bits per heavy atom. The molecule has 0 aromatic rings. The fourth-order valence-electron chi connectivity index (χ4n) is 10.0. The van der Waals surface area contributed by atoms with Crippen molar-refractivity contribution in [3.05, 3.63) is 34.6 Å². The van der Waals surface area contributed by atoms with Gasteiger partial charge in [0.25, 0.3) is 17.8 Å². The molecule has 0 amide bonds. The monoisotopic (exact) mass is 900 g/mol. The number of esters is 2. The number of halogens is 8. The molecule has 0 bridgehead atoms. The standard InChI is InChI=1S/C44H60F8O10/c1-7-28-10-25(4)11-29(14-28)36-61-32(19-55-37(53)39(8-2)15-26(5)12-30(17-39)34-57-21-41(45,46)42(47,48)22-58-34)33(62-36)20-56-38(54)40(9-3)16-27(6)13-31(18-40)35-59-23-43(49,50)44(51,52)24-60-35/h25-28,32-33H,7-24H2,1-6H3. The minimum absolute atomic E-state index is 0.0373. The first-order valence-electron chi connectivity index (χ1n) is 21.8. The maximum Gasteiger partial charge on any atom is 0.346 e. The number of allylic oxidation sites excluding steroid dienone is 3. The highest BCUT2D eigenvalue weighted by molar-refractivity contribution is 5.78. The first kappa shape index (κ1) is 47.9. The van der Waals surface area contributed by atoms with Crippen LogP contribution < -0.4 is 0 Å². The summed E-state index contributed by atoms with van der Waals surface area (Å²) in [6.45, 7) is 4.48. The Bertz CT molecular complexity index is 1620. The molecule has 8 unspecified atom stereocenters. The molecule has 0 spiro atoms. The van der Waals surface area contributed by atoms with Crippen LogP contribution in [-0.4, -0.2) is 87.5 Å². The van der Waals surface area contributed by atoms with Crippen LogP contribution >= 0.6 is 0 Å². The average Bonchev–Trinajstić information content (AvgIpc) is 3.53. The van der Waals surface area contributed by atoms with Crippen molar-refractivity contribution in [2.24, 2.45) is 34.5 Å². The third kappa shape index (κ3) is 9.87. The van der Waals surface area contributed by atoms with E-state index in [1.54, 1.807) is 13.8 Å². The molecule has 6 rings (SSSR count). The molecule has 0 aromatic carbocycles. The summed E-state index contributed by atoms with van der Waals surface area (Å²) in [5.41, 5.74) is -0.788. The third-order valence-electron chi connectivity index (χ3n) is 13.6. The molecule has 18 heteroatoms. The van der Waals surface area contributed by atoms with E-state index >= 15 is 0 Å². The second kappa shape index (κ2) is 18.1. The van der Waals surface area contributed by atoms with Gasteiger partial charge in [-0.1, -0.05) is 48.0 Å². The van der Waals surface area contributed by atoms with Crippen LogP contribution in [0.15, 0.2) is 34.6 Å². The van der Waals surface area contributed by atoms with E-state index in [1.807, 2.05) is 13.8 Å². The van der Waals surface area contributed by atoms with Crippen LogP contribution in [0.2, 0.25) is 0 Å². The molecule has 3 saturated heterocycles. The van der Waals surface area contributed by atoms with Gasteiger partial charge in [0.05, 0.1) is 10.8 Å². The maximum absolute atomic E-state index is 14.1. The van der Waals surface area contributed by atoms with E-state index in [-0.39, 0.29) is 69.5 Å². The van der Waals surface area contributed by atoms with Crippen molar-refractivity contribution in [1.82, 2.24) is 0 Å². The normalized spacial score (nSPS) is 35.5. The van der Waals surface area contributed by atoms with Crippen LogP contribution in [0.3, 0.4) is 0 Å². The molecule has 62 heavy (non-hydrogen) atoms. The summed E-state index contributed by atoms with van der Waals surface area (Å²) in [5, 5.41) is 0. The molecule has 10 nitrogen and oxygen atoms in total. The lowest BCUT2D eigenvalue weighted by Gasteiger charge is -2.39. The lowest BCUT2D eigenvalue weighted by atomic mass is 9.66. The maximum atomic E-state index is 14.1. The molecule has 3 saturated carbocycles. The van der Waals surface area contributed by atoms with Crippen molar-refractivity contribution in [2.45, 2.75) is 154 Å². The second-order valence-corrected chi connectivity index (χ2v) is 18.8. The predicted octanol–water partition coefficient (Wildman–Crippen LogP) is 10.4. The SMILES string of the molecule is CCC1CC(=C2OC(COC(=O)C3(CC)CC(=C4OCC(F)(F)C(F)(F)CO4)CC(C)C3)C(COC(=O)C3(CC)CC(=C4OCC(F)(F)C(F)(F)CO4)CC(C)C3)O2)CC(C)C1. The highest BCUT2D eigenvalue weighted by Crippen LogP contribution is 2.50. The number of hydrogen-bond acceptors (Lipinski definition) is 10. The Hall–Kier alpha value is -3.60. The van der Waals surface area contributed by atoms with Crippen molar-refractivity contribution >= 4 is 11.9 Å². The van der Waals surface area contributed by atoms with Crippen LogP contribution in [0.1, 0.15) is 119 Å². The van der Waals surface area contributed by atoms with Crippen LogP contribution in [-0.2, 0) is 47.5 Å². The predicted molar refractivity (Wildman–Crippen MR) is 205 cm³/mol. The lowest BCUT2D eigenvalue weighted by molar-refractivity contribution is -0.222. The van der Waals surface area contributed by atoms with Crippen LogP contribution in [0.4, 0.5) is 35.1 Å². The second-order valence-electron chi connectivity index (χ2n) is 18.8. The molecule has 6 fully saturated rings. The van der Waals surface area contributed by atoms with Gasteiger partial charge in [-0.05, 0) is 94.3 Å². The zero-order chi connectivity index (χ0) is 45.5. The topological polar surface area (TPSA) is 108 Å². The number of alkyl halides is 8. The van der Waals surface area contributed by atoms with Crippen LogP contribution in [0.25, 0.3) is 0 Å². The van der Waals surface area contributed by atoms with Crippen molar-refractivity contribution in [1.29, 1.82) is 0 Å². The molecule has 3 heterocycles. The molecule has 8 atom stereocenters. The van der Waals surface area contributed by atoms with Gasteiger partial charge >= 0.3 is 35.6 Å². The zero-order valence-electron chi connectivity index (χ0n) is 36.3. The largest absolute Gasteiger partial charge is 0.461 e. The van der Waals surface area contributed by atoms with E-state index in [0.29, 0.717) is 42.2 Å². The zero-order valence-corrected chi connectivity index (χ0v) is 36.3. The molecule has 0 aromatic heterocycles. The first-order valence-corrected chi connectivity index (χ1v) is 21.8. The molecular weight excluding hydrogens is 840 g/mol. The van der Waals surface area contributed by atoms with E-state index in [1.165, 1.54) is 0 Å². The van der Waals surface area contributed by atoms with Crippen LogP contribution in [0, 0.1) is 34.5 Å². The minimum Gasteiger partial charge on any atom is -0.461 e. The Kier molecular flexibility index (Phi) is 14.0. The third-order valence-corrected chi connectivity index (χ3v) is 13.6. The summed E-state index contributed by atoms with van der Waals surface area (Å²) in [7, 11) is 0. The van der Waals surface area contributed by atoms with E-state index in [0.717, 1.165) is 24.8 Å². The quantitative estimate of drug-likeness (QED) is 0.164. The minimum atomic E-state index is -4.46. The van der Waals surface area contributed by atoms with E-state index < -0.39 is 97.0 Å². The van der Waals surface area contributed by atoms with Gasteiger partial charge in [0.1, 0.15) is 13.2 Å². The van der Waals surface area contributed by atoms with E-state index in [4.69, 9.17) is 37.9 Å². The van der Waals surface area contributed by atoms with Crippen LogP contribution in [0.5, 0.6) is 0 Å². The summed E-state index contributed by atoms with van der Waals surface area (Å²) in [4.78, 5) is 28.3.